The summed E-state index contributed by atoms with van der Waals surface area (Å²) in [7, 11) is 0. The van der Waals surface area contributed by atoms with E-state index in [1.165, 1.54) is 0 Å². The molecule has 0 bridgehead atoms. The molecule has 1 aliphatic rings. The number of fused-ring (bicyclic) bond motifs is 1. The van der Waals surface area contributed by atoms with Crippen molar-refractivity contribution in [2.45, 2.75) is 26.4 Å². The number of aliphatic hydroxyl groups excluding tert-OH is 1. The van der Waals surface area contributed by atoms with Crippen LogP contribution in [0.4, 0.5) is 0 Å². The second-order valence-electron chi connectivity index (χ2n) is 7.08. The predicted octanol–water partition coefficient (Wildman–Crippen LogP) is 2.02. The molecule has 3 aromatic rings. The lowest BCUT2D eigenvalue weighted by Crippen LogP contribution is -2.31. The molecule has 26 heavy (non-hydrogen) atoms. The normalized spacial score (nSPS) is 20.0. The lowest BCUT2D eigenvalue weighted by Gasteiger charge is -2.16. The summed E-state index contributed by atoms with van der Waals surface area (Å²) in [5, 5.41) is 10.5. The first-order chi connectivity index (χ1) is 12.5. The second-order valence-corrected chi connectivity index (χ2v) is 7.08. The summed E-state index contributed by atoms with van der Waals surface area (Å²) in [4.78, 5) is 23.4. The molecule has 4 rings (SSSR count). The van der Waals surface area contributed by atoms with Crippen molar-refractivity contribution in [2.75, 3.05) is 13.1 Å². The molecule has 4 heterocycles. The van der Waals surface area contributed by atoms with Gasteiger partial charge in [-0.1, -0.05) is 6.07 Å². The first-order valence-corrected chi connectivity index (χ1v) is 8.84. The minimum absolute atomic E-state index is 0.0302. The van der Waals surface area contributed by atoms with Crippen LogP contribution in [-0.2, 0) is 6.42 Å². The Hall–Kier alpha value is -2.73. The lowest BCUT2D eigenvalue weighted by atomic mass is 9.97. The smallest absolute Gasteiger partial charge is 0.272 e. The Morgan fingerprint density at radius 2 is 1.96 bits per heavy atom. The molecule has 1 N–H and O–H groups in total. The summed E-state index contributed by atoms with van der Waals surface area (Å²) in [5.74, 6) is -0.0422. The average molecular weight is 350 g/mol. The maximum absolute atomic E-state index is 13.1. The topological polar surface area (TPSA) is 70.7 Å². The van der Waals surface area contributed by atoms with E-state index in [-0.39, 0.29) is 11.8 Å². The van der Waals surface area contributed by atoms with Gasteiger partial charge in [0.05, 0.1) is 11.8 Å². The second kappa shape index (κ2) is 6.53. The highest BCUT2D eigenvalue weighted by Crippen LogP contribution is 2.24. The molecule has 0 aromatic carbocycles. The van der Waals surface area contributed by atoms with E-state index in [4.69, 9.17) is 0 Å². The largest absolute Gasteiger partial charge is 0.391 e. The fourth-order valence-electron chi connectivity index (χ4n) is 3.72. The summed E-state index contributed by atoms with van der Waals surface area (Å²) < 4.78 is 1.86. The summed E-state index contributed by atoms with van der Waals surface area (Å²) >= 11 is 0. The zero-order chi connectivity index (χ0) is 18.3. The molecular formula is C20H22N4O2. The van der Waals surface area contributed by atoms with Crippen LogP contribution in [0.3, 0.4) is 0 Å². The van der Waals surface area contributed by atoms with Gasteiger partial charge < -0.3 is 10.0 Å². The van der Waals surface area contributed by atoms with Gasteiger partial charge in [0.2, 0.25) is 0 Å². The third-order valence-electron chi connectivity index (χ3n) is 5.08. The van der Waals surface area contributed by atoms with E-state index in [0.717, 1.165) is 23.2 Å². The number of hydrogen-bond donors (Lipinski definition) is 1. The Labute approximate surface area is 152 Å². The molecule has 0 unspecified atom stereocenters. The first kappa shape index (κ1) is 16.7. The van der Waals surface area contributed by atoms with Gasteiger partial charge in [-0.3, -0.25) is 14.2 Å². The average Bonchev–Trinajstić information content (AvgIpc) is 3.14. The van der Waals surface area contributed by atoms with Crippen LogP contribution in [0.1, 0.15) is 27.3 Å². The molecule has 0 aliphatic carbocycles. The van der Waals surface area contributed by atoms with E-state index in [9.17, 15) is 9.90 Å². The van der Waals surface area contributed by atoms with Crippen LogP contribution in [0.2, 0.25) is 0 Å². The fourth-order valence-corrected chi connectivity index (χ4v) is 3.72. The van der Waals surface area contributed by atoms with Crippen molar-refractivity contribution in [3.8, 4) is 0 Å². The van der Waals surface area contributed by atoms with Gasteiger partial charge in [-0.2, -0.15) is 0 Å². The van der Waals surface area contributed by atoms with Crippen molar-refractivity contribution >= 4 is 11.6 Å². The minimum Gasteiger partial charge on any atom is -0.391 e. The van der Waals surface area contributed by atoms with Gasteiger partial charge in [0, 0.05) is 37.6 Å². The summed E-state index contributed by atoms with van der Waals surface area (Å²) in [6.45, 7) is 4.75. The van der Waals surface area contributed by atoms with Gasteiger partial charge in [-0.25, -0.2) is 4.98 Å². The van der Waals surface area contributed by atoms with E-state index in [0.29, 0.717) is 24.5 Å². The number of carbonyl (C=O) groups is 1. The van der Waals surface area contributed by atoms with Crippen molar-refractivity contribution in [3.63, 3.8) is 0 Å². The van der Waals surface area contributed by atoms with Gasteiger partial charge in [-0.05, 0) is 49.6 Å². The third-order valence-corrected chi connectivity index (χ3v) is 5.08. The molecule has 1 fully saturated rings. The zero-order valence-corrected chi connectivity index (χ0v) is 15.0. The monoisotopic (exact) mass is 350 g/mol. The zero-order valence-electron chi connectivity index (χ0n) is 15.0. The number of β-amino-alcohol motifs (C(OH)–C–C–N with tert-alkyl or cyclic N) is 1. The van der Waals surface area contributed by atoms with E-state index in [1.54, 1.807) is 17.3 Å². The van der Waals surface area contributed by atoms with E-state index in [2.05, 4.69) is 9.97 Å². The third kappa shape index (κ3) is 2.97. The number of aryl methyl sites for hydroxylation is 2. The Kier molecular flexibility index (Phi) is 4.20. The van der Waals surface area contributed by atoms with Crippen LogP contribution >= 0.6 is 0 Å². The van der Waals surface area contributed by atoms with Crippen molar-refractivity contribution in [3.05, 3.63) is 65.4 Å². The van der Waals surface area contributed by atoms with Crippen molar-refractivity contribution in [1.82, 2.24) is 19.3 Å². The molecule has 0 radical (unpaired) electrons. The molecule has 134 valence electrons. The molecule has 0 spiro atoms. The molecule has 3 aromatic heterocycles. The Morgan fingerprint density at radius 1 is 1.19 bits per heavy atom. The number of rotatable bonds is 3. The van der Waals surface area contributed by atoms with Crippen LogP contribution in [0.5, 0.6) is 0 Å². The SMILES string of the molecule is Cc1ccc2nc(C)c(C(=O)N3C[C@@H](Cc4ccncc4)[C@@H](O)C3)n2c1. The molecular weight excluding hydrogens is 328 g/mol. The van der Waals surface area contributed by atoms with Crippen molar-refractivity contribution in [2.24, 2.45) is 5.92 Å². The maximum Gasteiger partial charge on any atom is 0.272 e. The number of likely N-dealkylation sites (tertiary alicyclic amines) is 1. The number of amides is 1. The first-order valence-electron chi connectivity index (χ1n) is 8.84. The van der Waals surface area contributed by atoms with Gasteiger partial charge in [0.1, 0.15) is 11.3 Å². The number of aromatic nitrogens is 3. The molecule has 1 amide bonds. The molecule has 2 atom stereocenters. The summed E-state index contributed by atoms with van der Waals surface area (Å²) in [6.07, 6.45) is 5.66. The maximum atomic E-state index is 13.1. The van der Waals surface area contributed by atoms with Crippen molar-refractivity contribution in [1.29, 1.82) is 0 Å². The number of nitrogens with zero attached hydrogens (tertiary/aromatic N) is 4. The van der Waals surface area contributed by atoms with Gasteiger partial charge in [-0.15, -0.1) is 0 Å². The highest BCUT2D eigenvalue weighted by Gasteiger charge is 2.35. The molecule has 1 aliphatic heterocycles. The number of aliphatic hydroxyl groups is 1. The van der Waals surface area contributed by atoms with Crippen LogP contribution < -0.4 is 0 Å². The van der Waals surface area contributed by atoms with E-state index >= 15 is 0 Å². The Balaban J connectivity index is 1.58. The van der Waals surface area contributed by atoms with Crippen LogP contribution in [0.15, 0.2) is 42.9 Å². The standard InChI is InChI=1S/C20H22N4O2/c1-13-3-4-18-22-14(2)19(24(18)10-13)20(26)23-11-16(17(25)12-23)9-15-5-7-21-8-6-15/h3-8,10,16-17,25H,9,11-12H2,1-2H3/t16-,17+/m1/s1. The quantitative estimate of drug-likeness (QED) is 0.785. The number of carbonyl (C=O) groups excluding carboxylic acids is 1. The van der Waals surface area contributed by atoms with Crippen molar-refractivity contribution < 1.29 is 9.90 Å². The summed E-state index contributed by atoms with van der Waals surface area (Å²) in [5.41, 5.74) is 4.26. The summed E-state index contributed by atoms with van der Waals surface area (Å²) in [6, 6.07) is 7.81. The number of hydrogen-bond acceptors (Lipinski definition) is 4. The molecule has 0 saturated carbocycles. The fraction of sp³-hybridized carbons (Fsp3) is 0.350. The minimum atomic E-state index is -0.520. The lowest BCUT2D eigenvalue weighted by molar-refractivity contribution is 0.0757. The highest BCUT2D eigenvalue weighted by molar-refractivity contribution is 5.95. The Bertz CT molecular complexity index is 951. The van der Waals surface area contributed by atoms with Gasteiger partial charge in [0.15, 0.2) is 0 Å². The highest BCUT2D eigenvalue weighted by atomic mass is 16.3. The van der Waals surface area contributed by atoms with E-state index in [1.807, 2.05) is 48.7 Å². The molecule has 6 heteroatoms. The van der Waals surface area contributed by atoms with Crippen LogP contribution in [0, 0.1) is 19.8 Å². The van der Waals surface area contributed by atoms with Gasteiger partial charge in [0.25, 0.3) is 5.91 Å². The van der Waals surface area contributed by atoms with Gasteiger partial charge >= 0.3 is 0 Å². The van der Waals surface area contributed by atoms with Crippen LogP contribution in [0.25, 0.3) is 5.65 Å². The molecule has 1 saturated heterocycles. The van der Waals surface area contributed by atoms with Crippen LogP contribution in [-0.4, -0.2) is 49.5 Å². The Morgan fingerprint density at radius 3 is 2.73 bits per heavy atom. The predicted molar refractivity (Wildman–Crippen MR) is 98.0 cm³/mol. The van der Waals surface area contributed by atoms with E-state index < -0.39 is 6.10 Å². The number of pyridine rings is 2. The molecule has 6 nitrogen and oxygen atoms in total. The number of imidazole rings is 1.